The van der Waals surface area contributed by atoms with E-state index in [9.17, 15) is 4.79 Å². The minimum atomic E-state index is -0.491. The van der Waals surface area contributed by atoms with Gasteiger partial charge in [0, 0.05) is 10.9 Å². The van der Waals surface area contributed by atoms with Crippen molar-refractivity contribution in [2.75, 3.05) is 6.54 Å². The van der Waals surface area contributed by atoms with Crippen LogP contribution in [0, 0.1) is 6.57 Å². The van der Waals surface area contributed by atoms with Gasteiger partial charge in [0.15, 0.2) is 0 Å². The number of alkyl carbamates (subject to hydrolysis) is 1. The summed E-state index contributed by atoms with van der Waals surface area (Å²) in [5, 5.41) is 3.98. The standard InChI is InChI=1S/C22H28N4O3S/c1-22(2,3)29-21(27)26-14-6-8-15(9-7-14)28-19-18-17-13(11-23-4)5-10-16(17)30-20(18)25-12-24-19/h12-15H,5-11H2,1-3H3,(H,26,27)/t13-,14?,15?/m1/s1. The Hall–Kier alpha value is -2.40. The molecule has 1 N–H and O–H groups in total. The van der Waals surface area contributed by atoms with Crippen LogP contribution in [-0.2, 0) is 11.2 Å². The van der Waals surface area contributed by atoms with Crippen LogP contribution in [-0.4, -0.2) is 40.4 Å². The smallest absolute Gasteiger partial charge is 0.407 e. The molecule has 1 amide bonds. The molecule has 0 aliphatic heterocycles. The number of ether oxygens (including phenoxy) is 2. The summed E-state index contributed by atoms with van der Waals surface area (Å²) in [7, 11) is 0. The van der Waals surface area contributed by atoms with Gasteiger partial charge in [0.2, 0.25) is 12.4 Å². The van der Waals surface area contributed by atoms with E-state index in [1.807, 2.05) is 20.8 Å². The van der Waals surface area contributed by atoms with Gasteiger partial charge in [0.1, 0.15) is 22.9 Å². The molecular weight excluding hydrogens is 400 g/mol. The van der Waals surface area contributed by atoms with Crippen molar-refractivity contribution in [2.24, 2.45) is 0 Å². The molecule has 1 fully saturated rings. The number of fused-ring (bicyclic) bond motifs is 3. The number of rotatable bonds is 4. The van der Waals surface area contributed by atoms with Gasteiger partial charge in [-0.3, -0.25) is 0 Å². The van der Waals surface area contributed by atoms with Crippen LogP contribution in [0.1, 0.15) is 69.2 Å². The fourth-order valence-corrected chi connectivity index (χ4v) is 5.61. The lowest BCUT2D eigenvalue weighted by atomic mass is 9.93. The van der Waals surface area contributed by atoms with Gasteiger partial charge >= 0.3 is 6.09 Å². The molecule has 2 aromatic rings. The van der Waals surface area contributed by atoms with E-state index in [4.69, 9.17) is 16.0 Å². The number of carbonyl (C=O) groups excluding carboxylic acids is 1. The van der Waals surface area contributed by atoms with Gasteiger partial charge in [-0.25, -0.2) is 21.3 Å². The van der Waals surface area contributed by atoms with Crippen molar-refractivity contribution < 1.29 is 14.3 Å². The van der Waals surface area contributed by atoms with E-state index < -0.39 is 5.60 Å². The highest BCUT2D eigenvalue weighted by atomic mass is 32.1. The normalized spacial score (nSPS) is 23.6. The molecule has 4 rings (SSSR count). The SMILES string of the molecule is [C-]#[N+]C[C@H]1CCc2sc3ncnc(OC4CCC(NC(=O)OC(C)(C)C)CC4)c3c21. The van der Waals surface area contributed by atoms with Gasteiger partial charge in [0.05, 0.1) is 11.3 Å². The first-order valence-electron chi connectivity index (χ1n) is 10.6. The quantitative estimate of drug-likeness (QED) is 0.704. The Morgan fingerprint density at radius 3 is 2.73 bits per heavy atom. The second kappa shape index (κ2) is 8.38. The van der Waals surface area contributed by atoms with Gasteiger partial charge in [0.25, 0.3) is 0 Å². The van der Waals surface area contributed by atoms with E-state index >= 15 is 0 Å². The average Bonchev–Trinajstić information content (AvgIpc) is 3.22. The van der Waals surface area contributed by atoms with E-state index in [0.29, 0.717) is 12.4 Å². The van der Waals surface area contributed by atoms with Crippen molar-refractivity contribution in [1.82, 2.24) is 15.3 Å². The maximum absolute atomic E-state index is 12.0. The molecule has 160 valence electrons. The van der Waals surface area contributed by atoms with Crippen molar-refractivity contribution in [1.29, 1.82) is 0 Å². The van der Waals surface area contributed by atoms with Crippen molar-refractivity contribution >= 4 is 27.6 Å². The van der Waals surface area contributed by atoms with Crippen LogP contribution in [0.3, 0.4) is 0 Å². The molecule has 1 saturated carbocycles. The van der Waals surface area contributed by atoms with Crippen LogP contribution >= 0.6 is 11.3 Å². The summed E-state index contributed by atoms with van der Waals surface area (Å²) in [6.45, 7) is 13.4. The zero-order valence-corrected chi connectivity index (χ0v) is 18.6. The Labute approximate surface area is 181 Å². The van der Waals surface area contributed by atoms with Crippen molar-refractivity contribution in [3.8, 4) is 5.88 Å². The van der Waals surface area contributed by atoms with Crippen LogP contribution in [0.15, 0.2) is 6.33 Å². The van der Waals surface area contributed by atoms with Gasteiger partial charge in [-0.15, -0.1) is 11.3 Å². The first-order chi connectivity index (χ1) is 14.3. The van der Waals surface area contributed by atoms with Crippen LogP contribution < -0.4 is 10.1 Å². The minimum Gasteiger partial charge on any atom is -0.474 e. The number of amides is 1. The number of aromatic nitrogens is 2. The first-order valence-corrected chi connectivity index (χ1v) is 11.4. The van der Waals surface area contributed by atoms with E-state index in [1.165, 1.54) is 10.4 Å². The lowest BCUT2D eigenvalue weighted by molar-refractivity contribution is 0.0470. The third-order valence-corrected chi connectivity index (χ3v) is 6.85. The van der Waals surface area contributed by atoms with Crippen LogP contribution in [0.4, 0.5) is 4.79 Å². The first kappa shape index (κ1) is 20.9. The fourth-order valence-electron chi connectivity index (χ4n) is 4.38. The van der Waals surface area contributed by atoms with E-state index in [0.717, 1.165) is 48.7 Å². The van der Waals surface area contributed by atoms with Gasteiger partial charge in [-0.1, -0.05) is 0 Å². The summed E-state index contributed by atoms with van der Waals surface area (Å²) in [6, 6.07) is 0.110. The average molecular weight is 429 g/mol. The molecule has 0 aromatic carbocycles. The Bertz CT molecular complexity index is 967. The number of hydrogen-bond acceptors (Lipinski definition) is 6. The van der Waals surface area contributed by atoms with Gasteiger partial charge in [-0.2, -0.15) is 0 Å². The maximum Gasteiger partial charge on any atom is 0.407 e. The lowest BCUT2D eigenvalue weighted by Crippen LogP contribution is -2.42. The molecule has 7 nitrogen and oxygen atoms in total. The summed E-state index contributed by atoms with van der Waals surface area (Å²) in [5.41, 5.74) is 0.746. The number of nitrogens with zero attached hydrogens (tertiary/aromatic N) is 3. The monoisotopic (exact) mass is 428 g/mol. The van der Waals surface area contributed by atoms with Gasteiger partial charge in [-0.05, 0) is 64.9 Å². The van der Waals surface area contributed by atoms with E-state index in [2.05, 4.69) is 20.1 Å². The summed E-state index contributed by atoms with van der Waals surface area (Å²) in [6.07, 6.45) is 6.71. The second-order valence-electron chi connectivity index (χ2n) is 9.11. The maximum atomic E-state index is 12.0. The largest absolute Gasteiger partial charge is 0.474 e. The van der Waals surface area contributed by atoms with Crippen molar-refractivity contribution in [2.45, 2.75) is 83.0 Å². The molecule has 1 atom stereocenters. The summed E-state index contributed by atoms with van der Waals surface area (Å²) >= 11 is 1.71. The zero-order chi connectivity index (χ0) is 21.3. The molecule has 8 heteroatoms. The molecule has 0 unspecified atom stereocenters. The molecular formula is C22H28N4O3S. The number of aryl methyl sites for hydroxylation is 1. The molecule has 0 bridgehead atoms. The van der Waals surface area contributed by atoms with E-state index in [1.54, 1.807) is 17.7 Å². The summed E-state index contributed by atoms with van der Waals surface area (Å²) < 4.78 is 11.7. The number of thiophene rings is 1. The predicted octanol–water partition coefficient (Wildman–Crippen LogP) is 4.86. The molecule has 2 aliphatic carbocycles. The van der Waals surface area contributed by atoms with Crippen molar-refractivity contribution in [3.05, 3.63) is 28.2 Å². The fraction of sp³-hybridized carbons (Fsp3) is 0.636. The van der Waals surface area contributed by atoms with E-state index in [-0.39, 0.29) is 24.2 Å². The van der Waals surface area contributed by atoms with Crippen molar-refractivity contribution in [3.63, 3.8) is 0 Å². The molecule has 2 aliphatic rings. The highest BCUT2D eigenvalue weighted by Crippen LogP contribution is 2.46. The minimum absolute atomic E-state index is 0.0658. The highest BCUT2D eigenvalue weighted by molar-refractivity contribution is 7.19. The third kappa shape index (κ3) is 4.51. The van der Waals surface area contributed by atoms with Crippen LogP contribution in [0.25, 0.3) is 15.1 Å². The van der Waals surface area contributed by atoms with Gasteiger partial charge < -0.3 is 19.6 Å². The summed E-state index contributed by atoms with van der Waals surface area (Å²) in [4.78, 5) is 26.8. The molecule has 30 heavy (non-hydrogen) atoms. The lowest BCUT2D eigenvalue weighted by Gasteiger charge is -2.30. The summed E-state index contributed by atoms with van der Waals surface area (Å²) in [5.74, 6) is 0.909. The van der Waals surface area contributed by atoms with Crippen LogP contribution in [0.5, 0.6) is 5.88 Å². The molecule has 0 spiro atoms. The Morgan fingerprint density at radius 1 is 1.27 bits per heavy atom. The van der Waals surface area contributed by atoms with Crippen LogP contribution in [0.2, 0.25) is 0 Å². The Morgan fingerprint density at radius 2 is 2.03 bits per heavy atom. The second-order valence-corrected chi connectivity index (χ2v) is 10.2. The molecule has 0 radical (unpaired) electrons. The Kier molecular flexibility index (Phi) is 5.83. The Balaban J connectivity index is 1.42. The molecule has 2 aromatic heterocycles. The molecule has 0 saturated heterocycles. The topological polar surface area (TPSA) is 77.7 Å². The number of carbonyl (C=O) groups is 1. The highest BCUT2D eigenvalue weighted by Gasteiger charge is 2.33. The predicted molar refractivity (Wildman–Crippen MR) is 116 cm³/mol. The molecule has 2 heterocycles. The zero-order valence-electron chi connectivity index (χ0n) is 17.7. The number of hydrogen-bond donors (Lipinski definition) is 1. The third-order valence-electron chi connectivity index (χ3n) is 5.68. The number of nitrogens with one attached hydrogen (secondary N) is 1.